The molecular weight excluding hydrogens is 439 g/mol. The number of likely N-dealkylation sites (N-methyl/N-ethyl adjacent to an activating group) is 1. The monoisotopic (exact) mass is 460 g/mol. The van der Waals surface area contributed by atoms with Crippen LogP contribution in [0.5, 0.6) is 0 Å². The lowest BCUT2D eigenvalue weighted by Crippen LogP contribution is -2.49. The molecule has 0 aliphatic carbocycles. The second kappa shape index (κ2) is 9.85. The number of anilines is 1. The summed E-state index contributed by atoms with van der Waals surface area (Å²) < 4.78 is 0. The number of carbonyl (C=O) groups excluding carboxylic acids is 3. The van der Waals surface area contributed by atoms with Gasteiger partial charge in [-0.1, -0.05) is 47.5 Å². The Morgan fingerprint density at radius 2 is 1.74 bits per heavy atom. The number of carbonyl (C=O) groups is 3. The summed E-state index contributed by atoms with van der Waals surface area (Å²) in [5, 5.41) is 6.88. The lowest BCUT2D eigenvalue weighted by atomic mass is 10.0. The maximum absolute atomic E-state index is 13.0. The predicted molar refractivity (Wildman–Crippen MR) is 122 cm³/mol. The molecule has 0 spiro atoms. The fourth-order valence-corrected chi connectivity index (χ4v) is 3.81. The van der Waals surface area contributed by atoms with Crippen molar-refractivity contribution in [2.45, 2.75) is 19.4 Å². The van der Waals surface area contributed by atoms with Crippen molar-refractivity contribution in [2.75, 3.05) is 18.9 Å². The van der Waals surface area contributed by atoms with Crippen molar-refractivity contribution >= 4 is 57.5 Å². The van der Waals surface area contributed by atoms with E-state index in [0.29, 0.717) is 10.0 Å². The van der Waals surface area contributed by atoms with Crippen molar-refractivity contribution < 1.29 is 14.4 Å². The second-order valence-corrected chi connectivity index (χ2v) is 7.97. The molecule has 3 rings (SSSR count). The van der Waals surface area contributed by atoms with Gasteiger partial charge in [-0.25, -0.2) is 0 Å². The zero-order valence-corrected chi connectivity index (χ0v) is 18.6. The van der Waals surface area contributed by atoms with Crippen molar-refractivity contribution in [1.82, 2.24) is 15.2 Å². The van der Waals surface area contributed by atoms with Gasteiger partial charge in [-0.05, 0) is 23.8 Å². The number of hydrogen-bond acceptors (Lipinski definition) is 3. The lowest BCUT2D eigenvalue weighted by molar-refractivity contribution is -0.137. The average Bonchev–Trinajstić information content (AvgIpc) is 3.12. The third-order valence-electron chi connectivity index (χ3n) is 4.76. The molecule has 3 amide bonds. The zero-order chi connectivity index (χ0) is 22.5. The van der Waals surface area contributed by atoms with Crippen molar-refractivity contribution in [3.8, 4) is 0 Å². The summed E-state index contributed by atoms with van der Waals surface area (Å²) in [6.07, 6.45) is 2.10. The number of halogens is 2. The van der Waals surface area contributed by atoms with Crippen LogP contribution in [0.1, 0.15) is 12.5 Å². The Hall–Kier alpha value is -3.03. The van der Waals surface area contributed by atoms with Gasteiger partial charge in [0, 0.05) is 37.5 Å². The van der Waals surface area contributed by atoms with Crippen LogP contribution in [0.3, 0.4) is 0 Å². The second-order valence-electron chi connectivity index (χ2n) is 7.16. The van der Waals surface area contributed by atoms with Crippen LogP contribution < -0.4 is 10.6 Å². The molecule has 3 N–H and O–H groups in total. The van der Waals surface area contributed by atoms with Crippen molar-refractivity contribution in [2.24, 2.45) is 0 Å². The fraction of sp³-hybridized carbons (Fsp3) is 0.227. The molecule has 9 heteroatoms. The first-order valence-corrected chi connectivity index (χ1v) is 10.3. The molecule has 1 atom stereocenters. The van der Waals surface area contributed by atoms with Gasteiger partial charge in [0.25, 0.3) is 0 Å². The number of aromatic nitrogens is 1. The highest BCUT2D eigenvalue weighted by Crippen LogP contribution is 2.29. The summed E-state index contributed by atoms with van der Waals surface area (Å²) in [6, 6.07) is 11.8. The Balaban J connectivity index is 1.71. The maximum Gasteiger partial charge on any atom is 0.245 e. The van der Waals surface area contributed by atoms with E-state index in [4.69, 9.17) is 23.2 Å². The normalized spacial score (nSPS) is 11.7. The Morgan fingerprint density at radius 3 is 2.42 bits per heavy atom. The highest BCUT2D eigenvalue weighted by molar-refractivity contribution is 6.39. The minimum absolute atomic E-state index is 0.232. The first kappa shape index (κ1) is 22.7. The van der Waals surface area contributed by atoms with E-state index in [2.05, 4.69) is 15.6 Å². The van der Waals surface area contributed by atoms with Crippen molar-refractivity contribution in [3.63, 3.8) is 0 Å². The van der Waals surface area contributed by atoms with Crippen LogP contribution in [0.15, 0.2) is 48.7 Å². The molecule has 0 saturated carbocycles. The molecule has 31 heavy (non-hydrogen) atoms. The number of H-pyrrole nitrogens is 1. The Morgan fingerprint density at radius 1 is 1.06 bits per heavy atom. The van der Waals surface area contributed by atoms with Crippen LogP contribution in [-0.4, -0.2) is 47.2 Å². The molecule has 7 nitrogen and oxygen atoms in total. The number of fused-ring (bicyclic) bond motifs is 1. The third-order valence-corrected chi connectivity index (χ3v) is 5.39. The largest absolute Gasteiger partial charge is 0.361 e. The van der Waals surface area contributed by atoms with E-state index in [-0.39, 0.29) is 30.5 Å². The number of benzene rings is 2. The summed E-state index contributed by atoms with van der Waals surface area (Å²) in [7, 11) is 1.50. The molecule has 0 saturated heterocycles. The zero-order valence-electron chi connectivity index (χ0n) is 17.0. The molecular formula is C22H22Cl2N4O3. The molecule has 0 fully saturated rings. The summed E-state index contributed by atoms with van der Waals surface area (Å²) in [6.45, 7) is 1.12. The molecule has 0 aliphatic rings. The first-order valence-electron chi connectivity index (χ1n) is 9.57. The number of aromatic amines is 1. The molecule has 0 aliphatic heterocycles. The van der Waals surface area contributed by atoms with Gasteiger partial charge in [0.05, 0.1) is 22.3 Å². The number of rotatable bonds is 7. The van der Waals surface area contributed by atoms with Crippen LogP contribution in [0.25, 0.3) is 10.9 Å². The quantitative estimate of drug-likeness (QED) is 0.502. The maximum atomic E-state index is 13.0. The molecule has 3 aromatic rings. The number of amides is 3. The third kappa shape index (κ3) is 5.57. The van der Waals surface area contributed by atoms with Crippen molar-refractivity contribution in [1.29, 1.82) is 0 Å². The first-order chi connectivity index (χ1) is 14.8. The Kier molecular flexibility index (Phi) is 7.20. The minimum atomic E-state index is -0.821. The molecule has 1 heterocycles. The number of nitrogens with one attached hydrogen (secondary N) is 3. The molecule has 0 radical (unpaired) electrons. The van der Waals surface area contributed by atoms with E-state index in [9.17, 15) is 14.4 Å². The molecule has 2 aromatic carbocycles. The summed E-state index contributed by atoms with van der Waals surface area (Å²) in [5.74, 6) is -1.18. The van der Waals surface area contributed by atoms with Gasteiger partial charge < -0.3 is 20.5 Å². The summed E-state index contributed by atoms with van der Waals surface area (Å²) in [4.78, 5) is 41.6. The molecule has 162 valence electrons. The van der Waals surface area contributed by atoms with Gasteiger partial charge in [0.2, 0.25) is 17.7 Å². The van der Waals surface area contributed by atoms with Gasteiger partial charge in [-0.15, -0.1) is 0 Å². The van der Waals surface area contributed by atoms with E-state index in [0.717, 1.165) is 16.5 Å². The van der Waals surface area contributed by atoms with Crippen LogP contribution in [0.4, 0.5) is 5.69 Å². The van der Waals surface area contributed by atoms with Gasteiger partial charge in [0.1, 0.15) is 6.04 Å². The number of para-hydroxylation sites is 2. The SMILES string of the molecule is CC(=O)NC(Cc1c[nH]c2ccccc12)C(=O)N(C)CC(=O)Nc1c(Cl)cccc1Cl. The van der Waals surface area contributed by atoms with Gasteiger partial charge in [-0.3, -0.25) is 14.4 Å². The smallest absolute Gasteiger partial charge is 0.245 e. The fourth-order valence-electron chi connectivity index (χ4n) is 3.32. The number of hydrogen-bond donors (Lipinski definition) is 3. The van der Waals surface area contributed by atoms with Crippen LogP contribution in [0, 0.1) is 0 Å². The van der Waals surface area contributed by atoms with E-state index in [1.807, 2.05) is 30.5 Å². The number of nitrogens with zero attached hydrogens (tertiary/aromatic N) is 1. The standard InChI is InChI=1S/C22H22Cl2N4O3/c1-13(29)26-19(10-14-11-25-18-9-4-3-6-15(14)18)22(31)28(2)12-20(30)27-21-16(23)7-5-8-17(21)24/h3-9,11,19,25H,10,12H2,1-2H3,(H,26,29)(H,27,30). The highest BCUT2D eigenvalue weighted by Gasteiger charge is 2.26. The van der Waals surface area contributed by atoms with E-state index in [1.165, 1.54) is 18.9 Å². The lowest BCUT2D eigenvalue weighted by Gasteiger charge is -2.24. The predicted octanol–water partition coefficient (Wildman–Crippen LogP) is 3.62. The topological polar surface area (TPSA) is 94.3 Å². The Bertz CT molecular complexity index is 1110. The van der Waals surface area contributed by atoms with Crippen LogP contribution in [0.2, 0.25) is 10.0 Å². The van der Waals surface area contributed by atoms with Crippen LogP contribution in [-0.2, 0) is 20.8 Å². The highest BCUT2D eigenvalue weighted by atomic mass is 35.5. The van der Waals surface area contributed by atoms with E-state index < -0.39 is 11.9 Å². The van der Waals surface area contributed by atoms with E-state index in [1.54, 1.807) is 18.2 Å². The summed E-state index contributed by atoms with van der Waals surface area (Å²) in [5.41, 5.74) is 2.12. The molecule has 1 aromatic heterocycles. The summed E-state index contributed by atoms with van der Waals surface area (Å²) >= 11 is 12.2. The van der Waals surface area contributed by atoms with Gasteiger partial charge >= 0.3 is 0 Å². The van der Waals surface area contributed by atoms with E-state index >= 15 is 0 Å². The molecule has 0 bridgehead atoms. The average molecular weight is 461 g/mol. The van der Waals surface area contributed by atoms with Crippen molar-refractivity contribution in [3.05, 3.63) is 64.3 Å². The van der Waals surface area contributed by atoms with Gasteiger partial charge in [0.15, 0.2) is 0 Å². The molecule has 1 unspecified atom stereocenters. The Labute approximate surface area is 189 Å². The van der Waals surface area contributed by atoms with Crippen LogP contribution >= 0.6 is 23.2 Å². The van der Waals surface area contributed by atoms with Gasteiger partial charge in [-0.2, -0.15) is 0 Å². The minimum Gasteiger partial charge on any atom is -0.361 e.